The number of hydrogen-bond donors (Lipinski definition) is 2. The number of piperidine rings is 1. The molecule has 0 saturated carbocycles. The van der Waals surface area contributed by atoms with E-state index in [2.05, 4.69) is 65.7 Å². The lowest BCUT2D eigenvalue weighted by Crippen LogP contribution is -2.61. The van der Waals surface area contributed by atoms with Gasteiger partial charge in [-0.1, -0.05) is 0 Å². The van der Waals surface area contributed by atoms with Gasteiger partial charge in [-0.25, -0.2) is 0 Å². The average Bonchev–Trinajstić information content (AvgIpc) is 2.56. The molecule has 0 atom stereocenters. The summed E-state index contributed by atoms with van der Waals surface area (Å²) >= 11 is 5.32. The van der Waals surface area contributed by atoms with E-state index in [0.29, 0.717) is 6.04 Å². The molecule has 0 aromatic carbocycles. The van der Waals surface area contributed by atoms with Gasteiger partial charge in [0.1, 0.15) is 0 Å². The van der Waals surface area contributed by atoms with Gasteiger partial charge in [0.2, 0.25) is 0 Å². The Morgan fingerprint density at radius 1 is 1.33 bits per heavy atom. The van der Waals surface area contributed by atoms with Crippen molar-refractivity contribution in [3.05, 3.63) is 20.8 Å². The number of rotatable bonds is 3. The number of nitrogens with one attached hydrogen (secondary N) is 2. The van der Waals surface area contributed by atoms with E-state index in [-0.39, 0.29) is 11.1 Å². The first-order valence-corrected chi connectivity index (χ1v) is 8.19. The molecule has 2 nitrogen and oxygen atoms in total. The first-order valence-electron chi connectivity index (χ1n) is 6.51. The zero-order valence-electron chi connectivity index (χ0n) is 11.6. The molecular formula is C14H23BrN2S. The van der Waals surface area contributed by atoms with Gasteiger partial charge in [-0.05, 0) is 62.5 Å². The molecule has 1 aromatic rings. The van der Waals surface area contributed by atoms with Crippen molar-refractivity contribution in [3.8, 4) is 0 Å². The van der Waals surface area contributed by atoms with Crippen molar-refractivity contribution in [1.82, 2.24) is 10.6 Å². The van der Waals surface area contributed by atoms with Crippen molar-refractivity contribution in [2.45, 2.75) is 64.2 Å². The van der Waals surface area contributed by atoms with Crippen LogP contribution in [0.3, 0.4) is 0 Å². The second-order valence-electron chi connectivity index (χ2n) is 6.61. The van der Waals surface area contributed by atoms with E-state index < -0.39 is 0 Å². The molecule has 0 radical (unpaired) electrons. The van der Waals surface area contributed by atoms with Gasteiger partial charge in [0.05, 0.1) is 0 Å². The Labute approximate surface area is 123 Å². The Morgan fingerprint density at radius 3 is 2.44 bits per heavy atom. The summed E-state index contributed by atoms with van der Waals surface area (Å²) < 4.78 is 1.19. The van der Waals surface area contributed by atoms with Crippen LogP contribution >= 0.6 is 27.3 Å². The molecule has 102 valence electrons. The molecule has 1 aliphatic heterocycles. The van der Waals surface area contributed by atoms with Crippen LogP contribution in [0.25, 0.3) is 0 Å². The van der Waals surface area contributed by atoms with Crippen LogP contribution in [0.15, 0.2) is 15.9 Å². The second-order valence-corrected chi connectivity index (χ2v) is 8.52. The molecule has 1 aliphatic rings. The van der Waals surface area contributed by atoms with Gasteiger partial charge >= 0.3 is 0 Å². The van der Waals surface area contributed by atoms with E-state index in [1.165, 1.54) is 22.2 Å². The number of halogens is 1. The molecule has 1 saturated heterocycles. The van der Waals surface area contributed by atoms with Crippen LogP contribution in [-0.2, 0) is 6.54 Å². The lowest BCUT2D eigenvalue weighted by Gasteiger charge is -2.46. The summed E-state index contributed by atoms with van der Waals surface area (Å²) in [5, 5.41) is 9.58. The monoisotopic (exact) mass is 330 g/mol. The van der Waals surface area contributed by atoms with Gasteiger partial charge in [0, 0.05) is 38.4 Å². The van der Waals surface area contributed by atoms with Gasteiger partial charge in [0.15, 0.2) is 0 Å². The quantitative estimate of drug-likeness (QED) is 0.877. The molecule has 4 heteroatoms. The Kier molecular flexibility index (Phi) is 4.22. The summed E-state index contributed by atoms with van der Waals surface area (Å²) in [7, 11) is 0. The van der Waals surface area contributed by atoms with E-state index in [1.54, 1.807) is 0 Å². The van der Waals surface area contributed by atoms with E-state index in [4.69, 9.17) is 0 Å². The van der Waals surface area contributed by atoms with Gasteiger partial charge < -0.3 is 10.6 Å². The molecule has 0 aliphatic carbocycles. The lowest BCUT2D eigenvalue weighted by atomic mass is 9.79. The minimum atomic E-state index is 0.218. The highest BCUT2D eigenvalue weighted by Gasteiger charge is 2.37. The van der Waals surface area contributed by atoms with Gasteiger partial charge in [-0.15, -0.1) is 11.3 Å². The van der Waals surface area contributed by atoms with Gasteiger partial charge in [-0.2, -0.15) is 0 Å². The van der Waals surface area contributed by atoms with Crippen LogP contribution in [-0.4, -0.2) is 17.1 Å². The zero-order valence-corrected chi connectivity index (χ0v) is 14.0. The maximum atomic E-state index is 3.72. The van der Waals surface area contributed by atoms with Crippen LogP contribution in [0.4, 0.5) is 0 Å². The molecule has 2 heterocycles. The fourth-order valence-corrected chi connectivity index (χ4v) is 4.56. The maximum Gasteiger partial charge on any atom is 0.0302 e. The molecule has 0 bridgehead atoms. The zero-order chi connectivity index (χ0) is 13.4. The SMILES string of the molecule is CC1(C)CC(NCc2cc(Br)cs2)CC(C)(C)N1. The minimum Gasteiger partial charge on any atom is -0.309 e. The Bertz CT molecular complexity index is 396. The summed E-state index contributed by atoms with van der Waals surface area (Å²) in [5.74, 6) is 0. The van der Waals surface area contributed by atoms with Crippen molar-refractivity contribution in [2.75, 3.05) is 0 Å². The lowest BCUT2D eigenvalue weighted by molar-refractivity contribution is 0.146. The van der Waals surface area contributed by atoms with Crippen LogP contribution < -0.4 is 10.6 Å². The summed E-state index contributed by atoms with van der Waals surface area (Å²) in [6.45, 7) is 10.2. The summed E-state index contributed by atoms with van der Waals surface area (Å²) in [6.07, 6.45) is 2.37. The fraction of sp³-hybridized carbons (Fsp3) is 0.714. The van der Waals surface area contributed by atoms with E-state index in [9.17, 15) is 0 Å². The molecule has 2 rings (SSSR count). The standard InChI is InChI=1S/C14H23BrN2S/c1-13(2)6-11(7-14(3,4)17-13)16-8-12-5-10(15)9-18-12/h5,9,11,16-17H,6-8H2,1-4H3. The molecule has 0 unspecified atom stereocenters. The summed E-state index contributed by atoms with van der Waals surface area (Å²) in [5.41, 5.74) is 0.435. The third-order valence-corrected chi connectivity index (χ3v) is 5.07. The third kappa shape index (κ3) is 4.05. The topological polar surface area (TPSA) is 24.1 Å². The number of hydrogen-bond acceptors (Lipinski definition) is 3. The largest absolute Gasteiger partial charge is 0.309 e. The Hall–Kier alpha value is 0.1000. The molecular weight excluding hydrogens is 308 g/mol. The van der Waals surface area contributed by atoms with Crippen molar-refractivity contribution in [3.63, 3.8) is 0 Å². The first-order chi connectivity index (χ1) is 8.26. The normalized spacial score (nSPS) is 23.2. The summed E-state index contributed by atoms with van der Waals surface area (Å²) in [4.78, 5) is 1.40. The number of thiophene rings is 1. The van der Waals surface area contributed by atoms with Crippen molar-refractivity contribution in [2.24, 2.45) is 0 Å². The Balaban J connectivity index is 1.93. The van der Waals surface area contributed by atoms with Gasteiger partial charge in [0.25, 0.3) is 0 Å². The van der Waals surface area contributed by atoms with Crippen LogP contribution in [0.5, 0.6) is 0 Å². The smallest absolute Gasteiger partial charge is 0.0302 e. The fourth-order valence-electron chi connectivity index (χ4n) is 3.16. The third-order valence-electron chi connectivity index (χ3n) is 3.38. The minimum absolute atomic E-state index is 0.218. The summed E-state index contributed by atoms with van der Waals surface area (Å²) in [6, 6.07) is 2.80. The van der Waals surface area contributed by atoms with E-state index >= 15 is 0 Å². The molecule has 0 amide bonds. The van der Waals surface area contributed by atoms with E-state index in [0.717, 1.165) is 6.54 Å². The highest BCUT2D eigenvalue weighted by atomic mass is 79.9. The van der Waals surface area contributed by atoms with Crippen LogP contribution in [0.1, 0.15) is 45.4 Å². The Morgan fingerprint density at radius 2 is 1.94 bits per heavy atom. The molecule has 18 heavy (non-hydrogen) atoms. The first kappa shape index (κ1) is 14.5. The van der Waals surface area contributed by atoms with Crippen molar-refractivity contribution >= 4 is 27.3 Å². The molecule has 0 spiro atoms. The molecule has 1 fully saturated rings. The van der Waals surface area contributed by atoms with Crippen molar-refractivity contribution in [1.29, 1.82) is 0 Å². The highest BCUT2D eigenvalue weighted by Crippen LogP contribution is 2.29. The molecule has 1 aromatic heterocycles. The second kappa shape index (κ2) is 5.23. The highest BCUT2D eigenvalue weighted by molar-refractivity contribution is 9.10. The predicted molar refractivity (Wildman–Crippen MR) is 83.2 cm³/mol. The predicted octanol–water partition coefficient (Wildman–Crippen LogP) is 3.91. The van der Waals surface area contributed by atoms with E-state index in [1.807, 2.05) is 11.3 Å². The van der Waals surface area contributed by atoms with Crippen molar-refractivity contribution < 1.29 is 0 Å². The molecule has 2 N–H and O–H groups in total. The van der Waals surface area contributed by atoms with Gasteiger partial charge in [-0.3, -0.25) is 0 Å². The van der Waals surface area contributed by atoms with Crippen LogP contribution in [0, 0.1) is 0 Å². The van der Waals surface area contributed by atoms with Crippen LogP contribution in [0.2, 0.25) is 0 Å². The average molecular weight is 331 g/mol. The maximum absolute atomic E-state index is 3.72.